The summed E-state index contributed by atoms with van der Waals surface area (Å²) in [6.07, 6.45) is 5.38. The number of nitrogens with one attached hydrogen (secondary N) is 1. The third kappa shape index (κ3) is 3.33. The van der Waals surface area contributed by atoms with Crippen LogP contribution in [0.25, 0.3) is 0 Å². The van der Waals surface area contributed by atoms with Gasteiger partial charge in [0.1, 0.15) is 0 Å². The summed E-state index contributed by atoms with van der Waals surface area (Å²) in [7, 11) is 0. The molecule has 23 heavy (non-hydrogen) atoms. The number of hydrogen-bond acceptors (Lipinski definition) is 3. The molecule has 1 unspecified atom stereocenters. The maximum atomic E-state index is 9.16. The van der Waals surface area contributed by atoms with Crippen molar-refractivity contribution in [3.8, 4) is 0 Å². The highest BCUT2D eigenvalue weighted by Gasteiger charge is 2.24. The van der Waals surface area contributed by atoms with Crippen LogP contribution in [-0.4, -0.2) is 21.5 Å². The summed E-state index contributed by atoms with van der Waals surface area (Å²) in [6, 6.07) is 4.89. The van der Waals surface area contributed by atoms with Crippen molar-refractivity contribution in [2.45, 2.75) is 59.2 Å². The molecule has 1 aromatic carbocycles. The first kappa shape index (κ1) is 16.2. The van der Waals surface area contributed by atoms with E-state index in [4.69, 9.17) is 5.11 Å². The third-order valence-corrected chi connectivity index (χ3v) is 4.94. The van der Waals surface area contributed by atoms with Gasteiger partial charge in [-0.25, -0.2) is 0 Å². The van der Waals surface area contributed by atoms with Gasteiger partial charge in [0, 0.05) is 23.8 Å². The van der Waals surface area contributed by atoms with E-state index in [1.54, 1.807) is 0 Å². The number of aliphatic hydroxyl groups excluding tert-OH is 1. The highest BCUT2D eigenvalue weighted by Crippen LogP contribution is 2.30. The second kappa shape index (κ2) is 6.85. The van der Waals surface area contributed by atoms with E-state index in [0.717, 1.165) is 19.4 Å². The normalized spacial score (nSPS) is 17.3. The van der Waals surface area contributed by atoms with Crippen molar-refractivity contribution in [3.63, 3.8) is 0 Å². The van der Waals surface area contributed by atoms with Crippen molar-refractivity contribution in [2.75, 3.05) is 6.61 Å². The molecular formula is C19H27N3O. The average molecular weight is 313 g/mol. The molecule has 4 nitrogen and oxygen atoms in total. The van der Waals surface area contributed by atoms with Gasteiger partial charge in [-0.05, 0) is 56.7 Å². The largest absolute Gasteiger partial charge is 0.394 e. The molecule has 1 aromatic heterocycles. The zero-order valence-corrected chi connectivity index (χ0v) is 14.4. The zero-order valence-electron chi connectivity index (χ0n) is 14.4. The van der Waals surface area contributed by atoms with Crippen LogP contribution < -0.4 is 5.32 Å². The van der Waals surface area contributed by atoms with Gasteiger partial charge in [0.2, 0.25) is 0 Å². The van der Waals surface area contributed by atoms with Crippen LogP contribution in [0.1, 0.15) is 52.4 Å². The molecule has 0 saturated heterocycles. The average Bonchev–Trinajstić information content (AvgIpc) is 2.91. The summed E-state index contributed by atoms with van der Waals surface area (Å²) in [6.45, 7) is 8.19. The lowest BCUT2D eigenvalue weighted by Gasteiger charge is -2.25. The lowest BCUT2D eigenvalue weighted by molar-refractivity contribution is 0.266. The summed E-state index contributed by atoms with van der Waals surface area (Å²) in [5.74, 6) is 0. The molecule has 0 spiro atoms. The number of benzene rings is 1. The molecule has 0 aliphatic heterocycles. The van der Waals surface area contributed by atoms with E-state index in [9.17, 15) is 0 Å². The molecule has 0 fully saturated rings. The summed E-state index contributed by atoms with van der Waals surface area (Å²) in [5.41, 5.74) is 8.07. The molecular weight excluding hydrogens is 286 g/mol. The van der Waals surface area contributed by atoms with Gasteiger partial charge >= 0.3 is 0 Å². The fraction of sp³-hybridized carbons (Fsp3) is 0.526. The maximum Gasteiger partial charge on any atom is 0.0644 e. The van der Waals surface area contributed by atoms with Crippen molar-refractivity contribution in [1.29, 1.82) is 0 Å². The highest BCUT2D eigenvalue weighted by molar-refractivity contribution is 5.37. The van der Waals surface area contributed by atoms with Gasteiger partial charge in [0.15, 0.2) is 0 Å². The van der Waals surface area contributed by atoms with Crippen molar-refractivity contribution >= 4 is 0 Å². The van der Waals surface area contributed by atoms with Crippen molar-refractivity contribution in [3.05, 3.63) is 51.8 Å². The van der Waals surface area contributed by atoms with Crippen LogP contribution in [0.3, 0.4) is 0 Å². The third-order valence-electron chi connectivity index (χ3n) is 4.94. The molecule has 3 rings (SSSR count). The Morgan fingerprint density at radius 3 is 2.70 bits per heavy atom. The number of nitrogens with zero attached hydrogens (tertiary/aromatic N) is 2. The van der Waals surface area contributed by atoms with E-state index in [2.05, 4.69) is 43.3 Å². The van der Waals surface area contributed by atoms with E-state index < -0.39 is 0 Å². The molecule has 2 aromatic rings. The Kier molecular flexibility index (Phi) is 4.83. The predicted octanol–water partition coefficient (Wildman–Crippen LogP) is 2.97. The van der Waals surface area contributed by atoms with Gasteiger partial charge in [-0.15, -0.1) is 0 Å². The molecule has 0 radical (unpaired) electrons. The smallest absolute Gasteiger partial charge is 0.0644 e. The fourth-order valence-electron chi connectivity index (χ4n) is 3.83. The van der Waals surface area contributed by atoms with Crippen LogP contribution in [0.2, 0.25) is 0 Å². The first-order valence-corrected chi connectivity index (χ1v) is 8.55. The second-order valence-corrected chi connectivity index (χ2v) is 6.70. The Morgan fingerprint density at radius 2 is 2.00 bits per heavy atom. The first-order valence-electron chi connectivity index (χ1n) is 8.55. The standard InChI is InChI=1S/C19H27N3O/c1-13-9-14(2)16(15(3)10-13)11-20-18-5-4-6-19-17(18)12-21-22(19)7-8-23/h9-10,12,18,20,23H,4-8,11H2,1-3H3. The molecule has 1 heterocycles. The zero-order chi connectivity index (χ0) is 16.4. The molecule has 1 atom stereocenters. The van der Waals surface area contributed by atoms with E-state index >= 15 is 0 Å². The first-order chi connectivity index (χ1) is 11.1. The van der Waals surface area contributed by atoms with E-state index in [1.165, 1.54) is 39.9 Å². The number of aliphatic hydroxyl groups is 1. The monoisotopic (exact) mass is 313 g/mol. The Balaban J connectivity index is 1.76. The lowest BCUT2D eigenvalue weighted by Crippen LogP contribution is -2.26. The van der Waals surface area contributed by atoms with E-state index in [-0.39, 0.29) is 6.61 Å². The molecule has 0 saturated carbocycles. The number of aryl methyl sites for hydroxylation is 3. The minimum Gasteiger partial charge on any atom is -0.394 e. The minimum absolute atomic E-state index is 0.147. The summed E-state index contributed by atoms with van der Waals surface area (Å²) in [5, 5.41) is 17.4. The topological polar surface area (TPSA) is 50.1 Å². The van der Waals surface area contributed by atoms with Gasteiger partial charge in [-0.1, -0.05) is 17.7 Å². The molecule has 2 N–H and O–H groups in total. The Hall–Kier alpha value is -1.65. The van der Waals surface area contributed by atoms with Crippen LogP contribution in [0.5, 0.6) is 0 Å². The van der Waals surface area contributed by atoms with Gasteiger partial charge in [-0.3, -0.25) is 4.68 Å². The van der Waals surface area contributed by atoms with Crippen LogP contribution in [0, 0.1) is 20.8 Å². The van der Waals surface area contributed by atoms with Crippen LogP contribution in [0.4, 0.5) is 0 Å². The molecule has 1 aliphatic rings. The Bertz CT molecular complexity index is 667. The Morgan fingerprint density at radius 1 is 1.26 bits per heavy atom. The van der Waals surface area contributed by atoms with Gasteiger partial charge in [0.25, 0.3) is 0 Å². The van der Waals surface area contributed by atoms with Gasteiger partial charge < -0.3 is 10.4 Å². The maximum absolute atomic E-state index is 9.16. The molecule has 0 amide bonds. The summed E-state index contributed by atoms with van der Waals surface area (Å²) < 4.78 is 1.96. The van der Waals surface area contributed by atoms with Crippen LogP contribution >= 0.6 is 0 Å². The lowest BCUT2D eigenvalue weighted by atomic mass is 9.92. The minimum atomic E-state index is 0.147. The fourth-order valence-corrected chi connectivity index (χ4v) is 3.83. The number of hydrogen-bond donors (Lipinski definition) is 2. The van der Waals surface area contributed by atoms with Crippen molar-refractivity contribution in [2.24, 2.45) is 0 Å². The molecule has 1 aliphatic carbocycles. The predicted molar refractivity (Wildman–Crippen MR) is 92.5 cm³/mol. The SMILES string of the molecule is Cc1cc(C)c(CNC2CCCc3c2cnn3CCO)c(C)c1. The van der Waals surface area contributed by atoms with Crippen molar-refractivity contribution < 1.29 is 5.11 Å². The quantitative estimate of drug-likeness (QED) is 0.892. The van der Waals surface area contributed by atoms with Crippen LogP contribution in [-0.2, 0) is 19.5 Å². The van der Waals surface area contributed by atoms with Crippen LogP contribution in [0.15, 0.2) is 18.3 Å². The van der Waals surface area contributed by atoms with Gasteiger partial charge in [-0.2, -0.15) is 5.10 Å². The van der Waals surface area contributed by atoms with Gasteiger partial charge in [0.05, 0.1) is 19.3 Å². The molecule has 0 bridgehead atoms. The highest BCUT2D eigenvalue weighted by atomic mass is 16.3. The van der Waals surface area contributed by atoms with Crippen molar-refractivity contribution in [1.82, 2.24) is 15.1 Å². The summed E-state index contributed by atoms with van der Waals surface area (Å²) in [4.78, 5) is 0. The number of aromatic nitrogens is 2. The number of fused-ring (bicyclic) bond motifs is 1. The second-order valence-electron chi connectivity index (χ2n) is 6.70. The molecule has 124 valence electrons. The number of rotatable bonds is 5. The Labute approximate surface area is 138 Å². The van der Waals surface area contributed by atoms with E-state index in [0.29, 0.717) is 12.6 Å². The summed E-state index contributed by atoms with van der Waals surface area (Å²) >= 11 is 0. The molecule has 4 heteroatoms. The van der Waals surface area contributed by atoms with E-state index in [1.807, 2.05) is 10.9 Å².